The minimum absolute atomic E-state index is 0.0683. The molecule has 3 aliphatic rings. The van der Waals surface area contributed by atoms with Crippen LogP contribution in [-0.4, -0.2) is 54.9 Å². The molecule has 5 rings (SSSR count). The van der Waals surface area contributed by atoms with E-state index in [0.717, 1.165) is 38.0 Å². The molecule has 2 aromatic rings. The number of ether oxygens (including phenoxy) is 1. The fraction of sp³-hybridized carbons (Fsp3) is 0.500. The zero-order valence-electron chi connectivity index (χ0n) is 14.8. The maximum Gasteiger partial charge on any atom is 0.261 e. The molecular formula is C20H23N3O3. The van der Waals surface area contributed by atoms with E-state index in [9.17, 15) is 4.79 Å². The number of likely N-dealkylation sites (tertiary alicyclic amines) is 1. The number of carbonyl (C=O) groups excluding carboxylic acids is 1. The second-order valence-electron chi connectivity index (χ2n) is 7.47. The Balaban J connectivity index is 1.56. The molecule has 6 heteroatoms. The summed E-state index contributed by atoms with van der Waals surface area (Å²) in [7, 11) is 0. The number of hydrogen-bond acceptors (Lipinski definition) is 5. The van der Waals surface area contributed by atoms with Gasteiger partial charge in [-0.1, -0.05) is 35.5 Å². The van der Waals surface area contributed by atoms with Crippen LogP contribution in [0.3, 0.4) is 0 Å². The van der Waals surface area contributed by atoms with Crippen molar-refractivity contribution in [2.24, 2.45) is 5.92 Å². The molecule has 1 amide bonds. The summed E-state index contributed by atoms with van der Waals surface area (Å²) in [5.41, 5.74) is 1.51. The van der Waals surface area contributed by atoms with Gasteiger partial charge in [-0.05, 0) is 25.2 Å². The van der Waals surface area contributed by atoms with Crippen molar-refractivity contribution in [2.75, 3.05) is 37.7 Å². The SMILES string of the molecule is O=C(c1c(N2CCOCC2)noc1-c1ccccc1)N1C[C@H]2CC[C@H]1C2. The Morgan fingerprint density at radius 2 is 1.92 bits per heavy atom. The van der Waals surface area contributed by atoms with Crippen LogP contribution in [0.4, 0.5) is 5.82 Å². The Morgan fingerprint density at radius 3 is 2.62 bits per heavy atom. The molecule has 26 heavy (non-hydrogen) atoms. The summed E-state index contributed by atoms with van der Waals surface area (Å²) in [6.07, 6.45) is 3.51. The van der Waals surface area contributed by atoms with E-state index in [2.05, 4.69) is 15.0 Å². The molecule has 0 radical (unpaired) electrons. The third kappa shape index (κ3) is 2.60. The van der Waals surface area contributed by atoms with Crippen molar-refractivity contribution in [1.29, 1.82) is 0 Å². The Labute approximate surface area is 152 Å². The van der Waals surface area contributed by atoms with E-state index >= 15 is 0 Å². The summed E-state index contributed by atoms with van der Waals surface area (Å²) >= 11 is 0. The van der Waals surface area contributed by atoms with Crippen molar-refractivity contribution in [3.63, 3.8) is 0 Å². The largest absolute Gasteiger partial charge is 0.378 e. The van der Waals surface area contributed by atoms with Gasteiger partial charge in [0, 0.05) is 31.2 Å². The van der Waals surface area contributed by atoms with Crippen molar-refractivity contribution in [3.05, 3.63) is 35.9 Å². The predicted molar refractivity (Wildman–Crippen MR) is 97.1 cm³/mol. The van der Waals surface area contributed by atoms with E-state index in [4.69, 9.17) is 9.26 Å². The van der Waals surface area contributed by atoms with Crippen LogP contribution in [0.1, 0.15) is 29.6 Å². The fourth-order valence-corrected chi connectivity index (χ4v) is 4.57. The first kappa shape index (κ1) is 15.9. The van der Waals surface area contributed by atoms with Crippen LogP contribution in [0.2, 0.25) is 0 Å². The van der Waals surface area contributed by atoms with Crippen molar-refractivity contribution < 1.29 is 14.1 Å². The van der Waals surface area contributed by atoms with Gasteiger partial charge in [-0.15, -0.1) is 0 Å². The number of anilines is 1. The van der Waals surface area contributed by atoms with E-state index in [-0.39, 0.29) is 5.91 Å². The van der Waals surface area contributed by atoms with E-state index in [1.165, 1.54) is 6.42 Å². The van der Waals surface area contributed by atoms with E-state index < -0.39 is 0 Å². The molecule has 6 nitrogen and oxygen atoms in total. The summed E-state index contributed by atoms with van der Waals surface area (Å²) in [4.78, 5) is 17.7. The van der Waals surface area contributed by atoms with E-state index in [1.807, 2.05) is 30.3 Å². The smallest absolute Gasteiger partial charge is 0.261 e. The molecule has 2 atom stereocenters. The molecule has 3 fully saturated rings. The molecule has 2 bridgehead atoms. The molecule has 136 valence electrons. The number of piperidine rings is 1. The lowest BCUT2D eigenvalue weighted by atomic mass is 10.0. The first-order chi connectivity index (χ1) is 12.8. The number of rotatable bonds is 3. The molecule has 0 N–H and O–H groups in total. The fourth-order valence-electron chi connectivity index (χ4n) is 4.57. The molecule has 3 heterocycles. The Bertz CT molecular complexity index is 798. The van der Waals surface area contributed by atoms with Crippen LogP contribution in [0.15, 0.2) is 34.9 Å². The highest BCUT2D eigenvalue weighted by Gasteiger charge is 2.43. The normalized spacial score (nSPS) is 25.1. The molecule has 0 spiro atoms. The molecule has 2 aliphatic heterocycles. The number of benzene rings is 1. The highest BCUT2D eigenvalue weighted by atomic mass is 16.5. The predicted octanol–water partition coefficient (Wildman–Crippen LogP) is 2.80. The third-order valence-electron chi connectivity index (χ3n) is 5.90. The molecule has 2 saturated heterocycles. The highest BCUT2D eigenvalue weighted by Crippen LogP contribution is 2.40. The van der Waals surface area contributed by atoms with Gasteiger partial charge in [-0.3, -0.25) is 4.79 Å². The monoisotopic (exact) mass is 353 g/mol. The van der Waals surface area contributed by atoms with Crippen molar-refractivity contribution in [2.45, 2.75) is 25.3 Å². The number of hydrogen-bond donors (Lipinski definition) is 0. The number of fused-ring (bicyclic) bond motifs is 2. The Hall–Kier alpha value is -2.34. The summed E-state index contributed by atoms with van der Waals surface area (Å²) in [5.74, 6) is 1.98. The lowest BCUT2D eigenvalue weighted by molar-refractivity contribution is 0.0703. The quantitative estimate of drug-likeness (QED) is 0.849. The summed E-state index contributed by atoms with van der Waals surface area (Å²) in [5, 5.41) is 4.32. The first-order valence-corrected chi connectivity index (χ1v) is 9.50. The zero-order valence-corrected chi connectivity index (χ0v) is 14.8. The van der Waals surface area contributed by atoms with Gasteiger partial charge in [0.25, 0.3) is 5.91 Å². The van der Waals surface area contributed by atoms with Crippen molar-refractivity contribution >= 4 is 11.7 Å². The van der Waals surface area contributed by atoms with Gasteiger partial charge in [0.1, 0.15) is 5.56 Å². The van der Waals surface area contributed by atoms with Crippen molar-refractivity contribution in [1.82, 2.24) is 10.1 Å². The topological polar surface area (TPSA) is 58.8 Å². The Kier molecular flexibility index (Phi) is 3.93. The number of carbonyl (C=O) groups is 1. The van der Waals surface area contributed by atoms with Crippen LogP contribution in [0.5, 0.6) is 0 Å². The van der Waals surface area contributed by atoms with E-state index in [0.29, 0.717) is 42.3 Å². The van der Waals surface area contributed by atoms with Crippen LogP contribution < -0.4 is 4.90 Å². The minimum atomic E-state index is 0.0683. The van der Waals surface area contributed by atoms with Gasteiger partial charge in [-0.25, -0.2) is 0 Å². The minimum Gasteiger partial charge on any atom is -0.378 e. The average molecular weight is 353 g/mol. The molecule has 1 aliphatic carbocycles. The summed E-state index contributed by atoms with van der Waals surface area (Å²) in [6, 6.07) is 10.2. The lowest BCUT2D eigenvalue weighted by Crippen LogP contribution is -2.40. The van der Waals surface area contributed by atoms with Gasteiger partial charge in [0.05, 0.1) is 13.2 Å². The number of aromatic nitrogens is 1. The summed E-state index contributed by atoms with van der Waals surface area (Å²) < 4.78 is 11.2. The lowest BCUT2D eigenvalue weighted by Gasteiger charge is -2.30. The second-order valence-corrected chi connectivity index (χ2v) is 7.47. The van der Waals surface area contributed by atoms with Crippen LogP contribution in [0.25, 0.3) is 11.3 Å². The maximum absolute atomic E-state index is 13.5. The second kappa shape index (κ2) is 6.43. The Morgan fingerprint density at radius 1 is 1.12 bits per heavy atom. The molecule has 1 aromatic carbocycles. The van der Waals surface area contributed by atoms with Gasteiger partial charge in [0.15, 0.2) is 11.6 Å². The average Bonchev–Trinajstić information content (AvgIpc) is 3.44. The van der Waals surface area contributed by atoms with Gasteiger partial charge in [-0.2, -0.15) is 0 Å². The van der Waals surface area contributed by atoms with Gasteiger partial charge in [0.2, 0.25) is 0 Å². The summed E-state index contributed by atoms with van der Waals surface area (Å²) in [6.45, 7) is 3.62. The standard InChI is InChI=1S/C20H23N3O3/c24-20(23-13-14-6-7-16(23)12-14)17-18(15-4-2-1-3-5-15)26-21-19(17)22-8-10-25-11-9-22/h1-5,14,16H,6-13H2/t14-,16-/m0/s1. The van der Waals surface area contributed by atoms with Crippen LogP contribution in [-0.2, 0) is 4.74 Å². The number of amides is 1. The maximum atomic E-state index is 13.5. The molecule has 1 aromatic heterocycles. The van der Waals surface area contributed by atoms with Crippen LogP contribution in [0, 0.1) is 5.92 Å². The first-order valence-electron chi connectivity index (χ1n) is 9.50. The zero-order chi connectivity index (χ0) is 17.5. The van der Waals surface area contributed by atoms with Gasteiger partial charge < -0.3 is 19.1 Å². The number of morpholine rings is 1. The van der Waals surface area contributed by atoms with E-state index in [1.54, 1.807) is 0 Å². The van der Waals surface area contributed by atoms with Crippen molar-refractivity contribution in [3.8, 4) is 11.3 Å². The third-order valence-corrected chi connectivity index (χ3v) is 5.90. The highest BCUT2D eigenvalue weighted by molar-refractivity contribution is 6.04. The number of nitrogens with zero attached hydrogens (tertiary/aromatic N) is 3. The van der Waals surface area contributed by atoms with Gasteiger partial charge >= 0.3 is 0 Å². The molecule has 0 unspecified atom stereocenters. The molecule has 1 saturated carbocycles. The van der Waals surface area contributed by atoms with Crippen LogP contribution >= 0.6 is 0 Å². The molecular weight excluding hydrogens is 330 g/mol.